The summed E-state index contributed by atoms with van der Waals surface area (Å²) in [6.07, 6.45) is 0.870. The smallest absolute Gasteiger partial charge is 0.322 e. The zero-order chi connectivity index (χ0) is 19.0. The molecule has 0 fully saturated rings. The quantitative estimate of drug-likeness (QED) is 0.424. The van der Waals surface area contributed by atoms with Crippen LogP contribution in [0.3, 0.4) is 0 Å². The molecule has 0 heterocycles. The number of nitrogens with one attached hydrogen (secondary N) is 2. The van der Waals surface area contributed by atoms with E-state index in [1.807, 2.05) is 6.92 Å². The van der Waals surface area contributed by atoms with E-state index in [2.05, 4.69) is 10.6 Å². The lowest BCUT2D eigenvalue weighted by molar-refractivity contribution is -0.138. The average molecular weight is 351 g/mol. The van der Waals surface area contributed by atoms with Gasteiger partial charge in [-0.05, 0) is 30.0 Å². The van der Waals surface area contributed by atoms with Gasteiger partial charge in [0, 0.05) is 0 Å². The monoisotopic (exact) mass is 351 g/mol. The molecule has 8 nitrogen and oxygen atoms in total. The molecule has 1 rings (SSSR count). The van der Waals surface area contributed by atoms with Gasteiger partial charge in [0.1, 0.15) is 18.3 Å². The summed E-state index contributed by atoms with van der Waals surface area (Å²) < 4.78 is 0. The second-order valence-corrected chi connectivity index (χ2v) is 5.96. The van der Waals surface area contributed by atoms with E-state index >= 15 is 0 Å². The Kier molecular flexibility index (Phi) is 7.87. The van der Waals surface area contributed by atoms with Crippen molar-refractivity contribution in [2.45, 2.75) is 38.8 Å². The van der Waals surface area contributed by atoms with Crippen LogP contribution in [0, 0.1) is 5.92 Å². The van der Waals surface area contributed by atoms with Crippen LogP contribution in [0.5, 0.6) is 5.75 Å². The van der Waals surface area contributed by atoms with E-state index in [4.69, 9.17) is 10.8 Å². The zero-order valence-electron chi connectivity index (χ0n) is 14.4. The van der Waals surface area contributed by atoms with E-state index < -0.39 is 36.4 Å². The van der Waals surface area contributed by atoms with Gasteiger partial charge in [-0.15, -0.1) is 0 Å². The second-order valence-electron chi connectivity index (χ2n) is 5.96. The van der Waals surface area contributed by atoms with E-state index in [0.717, 1.165) is 5.56 Å². The number of carboxylic acid groups (broad SMARTS) is 1. The van der Waals surface area contributed by atoms with Gasteiger partial charge in [-0.25, -0.2) is 0 Å². The fourth-order valence-electron chi connectivity index (χ4n) is 2.21. The molecule has 1 aromatic rings. The fourth-order valence-corrected chi connectivity index (χ4v) is 2.21. The van der Waals surface area contributed by atoms with Crippen molar-refractivity contribution in [3.63, 3.8) is 0 Å². The lowest BCUT2D eigenvalue weighted by atomic mass is 9.97. The van der Waals surface area contributed by atoms with Gasteiger partial charge in [-0.1, -0.05) is 32.4 Å². The highest BCUT2D eigenvalue weighted by atomic mass is 16.4. The number of phenolic OH excluding ortho intramolecular Hbond substituents is 1. The highest BCUT2D eigenvalue weighted by molar-refractivity contribution is 5.91. The molecule has 1 aromatic carbocycles. The maximum Gasteiger partial charge on any atom is 0.322 e. The Hall–Kier alpha value is -2.61. The van der Waals surface area contributed by atoms with Gasteiger partial charge >= 0.3 is 5.97 Å². The highest BCUT2D eigenvalue weighted by Gasteiger charge is 2.28. The third-order valence-electron chi connectivity index (χ3n) is 3.94. The summed E-state index contributed by atoms with van der Waals surface area (Å²) in [5, 5.41) is 22.8. The maximum atomic E-state index is 12.3. The lowest BCUT2D eigenvalue weighted by Crippen LogP contribution is -2.55. The molecule has 0 saturated carbocycles. The third kappa shape index (κ3) is 6.80. The van der Waals surface area contributed by atoms with E-state index in [1.165, 1.54) is 12.1 Å². The fraction of sp³-hybridized carbons (Fsp3) is 0.471. The van der Waals surface area contributed by atoms with Crippen molar-refractivity contribution in [2.24, 2.45) is 11.7 Å². The van der Waals surface area contributed by atoms with Crippen molar-refractivity contribution in [1.82, 2.24) is 10.6 Å². The van der Waals surface area contributed by atoms with Crippen molar-refractivity contribution in [2.75, 3.05) is 6.54 Å². The number of amides is 2. The van der Waals surface area contributed by atoms with Crippen LogP contribution >= 0.6 is 0 Å². The average Bonchev–Trinajstić information content (AvgIpc) is 2.58. The van der Waals surface area contributed by atoms with Crippen LogP contribution in [0.4, 0.5) is 0 Å². The number of carbonyl (C=O) groups excluding carboxylic acids is 2. The van der Waals surface area contributed by atoms with Gasteiger partial charge in [-0.3, -0.25) is 14.4 Å². The van der Waals surface area contributed by atoms with E-state index in [9.17, 15) is 19.5 Å². The van der Waals surface area contributed by atoms with Gasteiger partial charge in [-0.2, -0.15) is 0 Å². The number of benzene rings is 1. The Bertz CT molecular complexity index is 603. The van der Waals surface area contributed by atoms with Gasteiger partial charge in [0.2, 0.25) is 11.8 Å². The van der Waals surface area contributed by atoms with Crippen molar-refractivity contribution < 1.29 is 24.6 Å². The molecule has 138 valence electrons. The van der Waals surface area contributed by atoms with Crippen molar-refractivity contribution >= 4 is 17.8 Å². The van der Waals surface area contributed by atoms with Gasteiger partial charge < -0.3 is 26.6 Å². The highest BCUT2D eigenvalue weighted by Crippen LogP contribution is 2.12. The normalized spacial score (nSPS) is 14.2. The number of carboxylic acids is 1. The molecule has 6 N–H and O–H groups in total. The summed E-state index contributed by atoms with van der Waals surface area (Å²) in [6, 6.07) is 4.59. The minimum Gasteiger partial charge on any atom is -0.508 e. The Morgan fingerprint density at radius 3 is 2.28 bits per heavy atom. The second kappa shape index (κ2) is 9.63. The molecule has 0 aliphatic carbocycles. The molecule has 8 heteroatoms. The topological polar surface area (TPSA) is 142 Å². The van der Waals surface area contributed by atoms with E-state index in [-0.39, 0.29) is 18.1 Å². The van der Waals surface area contributed by atoms with Crippen LogP contribution in [-0.4, -0.2) is 46.6 Å². The molecule has 0 bridgehead atoms. The molecule has 25 heavy (non-hydrogen) atoms. The first-order valence-corrected chi connectivity index (χ1v) is 8.08. The van der Waals surface area contributed by atoms with Crippen LogP contribution in [-0.2, 0) is 20.8 Å². The molecule has 3 atom stereocenters. The summed E-state index contributed by atoms with van der Waals surface area (Å²) in [5.74, 6) is -2.27. The Balaban J connectivity index is 2.70. The number of hydrogen-bond acceptors (Lipinski definition) is 5. The van der Waals surface area contributed by atoms with E-state index in [0.29, 0.717) is 6.42 Å². The molecule has 0 saturated heterocycles. The number of aliphatic carboxylic acids is 1. The summed E-state index contributed by atoms with van der Waals surface area (Å²) >= 11 is 0. The molecule has 2 amide bonds. The number of phenols is 1. The zero-order valence-corrected chi connectivity index (χ0v) is 14.4. The predicted molar refractivity (Wildman–Crippen MR) is 91.8 cm³/mol. The van der Waals surface area contributed by atoms with Crippen molar-refractivity contribution in [3.05, 3.63) is 29.8 Å². The van der Waals surface area contributed by atoms with Gasteiger partial charge in [0.05, 0.1) is 6.04 Å². The Morgan fingerprint density at radius 1 is 1.16 bits per heavy atom. The van der Waals surface area contributed by atoms with E-state index in [1.54, 1.807) is 19.1 Å². The van der Waals surface area contributed by atoms with Crippen LogP contribution in [0.1, 0.15) is 25.8 Å². The Morgan fingerprint density at radius 2 is 1.76 bits per heavy atom. The molecule has 0 spiro atoms. The Labute approximate surface area is 146 Å². The number of nitrogens with two attached hydrogens (primary N) is 1. The molecule has 0 radical (unpaired) electrons. The van der Waals surface area contributed by atoms with Crippen LogP contribution < -0.4 is 16.4 Å². The van der Waals surface area contributed by atoms with Gasteiger partial charge in [0.15, 0.2) is 0 Å². The summed E-state index contributed by atoms with van der Waals surface area (Å²) in [5.41, 5.74) is 6.67. The summed E-state index contributed by atoms with van der Waals surface area (Å²) in [7, 11) is 0. The molecule has 0 aromatic heterocycles. The number of hydrogen-bond donors (Lipinski definition) is 5. The first-order chi connectivity index (χ1) is 11.7. The minimum atomic E-state index is -1.16. The molecule has 0 unspecified atom stereocenters. The summed E-state index contributed by atoms with van der Waals surface area (Å²) in [4.78, 5) is 35.0. The van der Waals surface area contributed by atoms with Crippen molar-refractivity contribution in [1.29, 1.82) is 0 Å². The third-order valence-corrected chi connectivity index (χ3v) is 3.94. The molecular weight excluding hydrogens is 326 g/mol. The van der Waals surface area contributed by atoms with Gasteiger partial charge in [0.25, 0.3) is 0 Å². The van der Waals surface area contributed by atoms with Crippen LogP contribution in [0.2, 0.25) is 0 Å². The largest absolute Gasteiger partial charge is 0.508 e. The predicted octanol–water partition coefficient (Wildman–Crippen LogP) is -0.00630. The molecular formula is C17H25N3O5. The summed E-state index contributed by atoms with van der Waals surface area (Å²) in [6.45, 7) is 3.14. The van der Waals surface area contributed by atoms with Crippen LogP contribution in [0.25, 0.3) is 0 Å². The standard InChI is InChI=1S/C17H25N3O5/c1-3-10(2)15(17(25)19-9-14(22)23)20-16(24)13(18)8-11-4-6-12(21)7-5-11/h4-7,10,13,15,21H,3,8-9,18H2,1-2H3,(H,19,25)(H,20,24)(H,22,23)/t10-,13-,15-/m0/s1. The minimum absolute atomic E-state index is 0.119. The number of aromatic hydroxyl groups is 1. The molecule has 0 aliphatic heterocycles. The lowest BCUT2D eigenvalue weighted by Gasteiger charge is -2.24. The first kappa shape index (κ1) is 20.4. The number of carbonyl (C=O) groups is 3. The van der Waals surface area contributed by atoms with Crippen molar-refractivity contribution in [3.8, 4) is 5.75 Å². The van der Waals surface area contributed by atoms with Crippen LogP contribution in [0.15, 0.2) is 24.3 Å². The molecule has 0 aliphatic rings. The SMILES string of the molecule is CC[C@H](C)[C@H](NC(=O)[C@@H](N)Cc1ccc(O)cc1)C(=O)NCC(=O)O. The number of rotatable bonds is 9. The maximum absolute atomic E-state index is 12.3. The first-order valence-electron chi connectivity index (χ1n) is 8.08.